The second-order valence-corrected chi connectivity index (χ2v) is 10.3. The normalized spacial score (nSPS) is 17.3. The summed E-state index contributed by atoms with van der Waals surface area (Å²) in [6.07, 6.45) is 6.02. The van der Waals surface area contributed by atoms with E-state index in [1.807, 2.05) is 77.8 Å². The van der Waals surface area contributed by atoms with Gasteiger partial charge in [0.1, 0.15) is 17.1 Å². The SMILES string of the molecule is C=C/C(OC1(CC(C)OC(C)C)CCN(C(=O)c2ccc(OC(C)C)c(C)c2)CC1)=C(C)\C=N/CC. The van der Waals surface area contributed by atoms with Gasteiger partial charge in [-0.25, -0.2) is 0 Å². The maximum absolute atomic E-state index is 13.3. The fourth-order valence-electron chi connectivity index (χ4n) is 4.66. The van der Waals surface area contributed by atoms with E-state index in [0.29, 0.717) is 38.0 Å². The summed E-state index contributed by atoms with van der Waals surface area (Å²) in [7, 11) is 0. The Morgan fingerprint density at radius 2 is 1.83 bits per heavy atom. The molecule has 6 nitrogen and oxygen atoms in total. The van der Waals surface area contributed by atoms with Crippen molar-refractivity contribution in [2.45, 2.75) is 98.6 Å². The summed E-state index contributed by atoms with van der Waals surface area (Å²) in [5, 5.41) is 0. The van der Waals surface area contributed by atoms with Crippen molar-refractivity contribution in [1.29, 1.82) is 0 Å². The Morgan fingerprint density at radius 1 is 1.17 bits per heavy atom. The average molecular weight is 499 g/mol. The highest BCUT2D eigenvalue weighted by Gasteiger charge is 2.40. The second-order valence-electron chi connectivity index (χ2n) is 10.3. The predicted molar refractivity (Wildman–Crippen MR) is 148 cm³/mol. The van der Waals surface area contributed by atoms with Crippen LogP contribution in [0, 0.1) is 6.92 Å². The molecule has 200 valence electrons. The Morgan fingerprint density at radius 3 is 2.36 bits per heavy atom. The second kappa shape index (κ2) is 13.6. The molecule has 0 aliphatic carbocycles. The third-order valence-electron chi connectivity index (χ3n) is 6.28. The van der Waals surface area contributed by atoms with Gasteiger partial charge in [0.2, 0.25) is 0 Å². The number of benzene rings is 1. The monoisotopic (exact) mass is 498 g/mol. The van der Waals surface area contributed by atoms with E-state index in [4.69, 9.17) is 14.2 Å². The number of nitrogens with zero attached hydrogens (tertiary/aromatic N) is 2. The number of hydrogen-bond acceptors (Lipinski definition) is 5. The molecule has 0 N–H and O–H groups in total. The lowest BCUT2D eigenvalue weighted by Gasteiger charge is -2.43. The van der Waals surface area contributed by atoms with E-state index in [9.17, 15) is 4.79 Å². The zero-order valence-corrected chi connectivity index (χ0v) is 23.6. The predicted octanol–water partition coefficient (Wildman–Crippen LogP) is 6.53. The van der Waals surface area contributed by atoms with Gasteiger partial charge in [-0.2, -0.15) is 0 Å². The quantitative estimate of drug-likeness (QED) is 0.187. The molecule has 0 bridgehead atoms. The molecule has 1 aromatic rings. The summed E-state index contributed by atoms with van der Waals surface area (Å²) in [5.41, 5.74) is 2.16. The van der Waals surface area contributed by atoms with E-state index in [1.54, 1.807) is 6.08 Å². The number of amides is 1. The van der Waals surface area contributed by atoms with Gasteiger partial charge in [-0.15, -0.1) is 0 Å². The first kappa shape index (κ1) is 29.6. The van der Waals surface area contributed by atoms with Crippen molar-refractivity contribution < 1.29 is 19.0 Å². The molecule has 0 radical (unpaired) electrons. The lowest BCUT2D eigenvalue weighted by atomic mass is 9.85. The van der Waals surface area contributed by atoms with Gasteiger partial charge >= 0.3 is 0 Å². The van der Waals surface area contributed by atoms with Crippen LogP contribution in [0.25, 0.3) is 0 Å². The maximum Gasteiger partial charge on any atom is 0.253 e. The molecule has 1 aromatic carbocycles. The van der Waals surface area contributed by atoms with E-state index >= 15 is 0 Å². The van der Waals surface area contributed by atoms with Crippen LogP contribution < -0.4 is 4.74 Å². The zero-order valence-electron chi connectivity index (χ0n) is 23.6. The molecule has 1 fully saturated rings. The Hall–Kier alpha value is -2.60. The van der Waals surface area contributed by atoms with Crippen LogP contribution in [0.2, 0.25) is 0 Å². The molecule has 1 aliphatic heterocycles. The van der Waals surface area contributed by atoms with Gasteiger partial charge in [-0.3, -0.25) is 9.79 Å². The van der Waals surface area contributed by atoms with E-state index in [2.05, 4.69) is 18.5 Å². The topological polar surface area (TPSA) is 60.4 Å². The molecule has 1 amide bonds. The van der Waals surface area contributed by atoms with Crippen molar-refractivity contribution in [3.63, 3.8) is 0 Å². The maximum atomic E-state index is 13.3. The highest BCUT2D eigenvalue weighted by Crippen LogP contribution is 2.36. The molecule has 1 unspecified atom stereocenters. The van der Waals surface area contributed by atoms with E-state index in [1.165, 1.54) is 0 Å². The fourth-order valence-corrected chi connectivity index (χ4v) is 4.66. The van der Waals surface area contributed by atoms with Crippen LogP contribution in [-0.4, -0.2) is 60.6 Å². The molecule has 0 saturated carbocycles. The first-order valence-electron chi connectivity index (χ1n) is 13.2. The number of aryl methyl sites for hydroxylation is 1. The van der Waals surface area contributed by atoms with E-state index in [-0.39, 0.29) is 24.2 Å². The minimum atomic E-state index is -0.444. The Balaban J connectivity index is 2.22. The molecule has 2 rings (SSSR count). The lowest BCUT2D eigenvalue weighted by molar-refractivity contribution is -0.0876. The number of carbonyl (C=O) groups excluding carboxylic acids is 1. The van der Waals surface area contributed by atoms with Gasteiger partial charge in [0.15, 0.2) is 0 Å². The van der Waals surface area contributed by atoms with Crippen LogP contribution in [0.3, 0.4) is 0 Å². The van der Waals surface area contributed by atoms with Crippen molar-refractivity contribution in [2.24, 2.45) is 4.99 Å². The van der Waals surface area contributed by atoms with Gasteiger partial charge in [-0.1, -0.05) is 6.58 Å². The third-order valence-corrected chi connectivity index (χ3v) is 6.28. The first-order chi connectivity index (χ1) is 17.0. The average Bonchev–Trinajstić information content (AvgIpc) is 2.81. The van der Waals surface area contributed by atoms with Crippen molar-refractivity contribution in [2.75, 3.05) is 19.6 Å². The highest BCUT2D eigenvalue weighted by molar-refractivity contribution is 5.94. The van der Waals surface area contributed by atoms with Crippen LogP contribution >= 0.6 is 0 Å². The number of piperidine rings is 1. The fraction of sp³-hybridized carbons (Fsp3) is 0.600. The Labute approximate surface area is 218 Å². The molecule has 1 heterocycles. The number of allylic oxidation sites excluding steroid dienone is 2. The summed E-state index contributed by atoms with van der Waals surface area (Å²) in [6, 6.07) is 5.68. The van der Waals surface area contributed by atoms with Crippen LogP contribution in [0.4, 0.5) is 0 Å². The summed E-state index contributed by atoms with van der Waals surface area (Å²) >= 11 is 0. The van der Waals surface area contributed by atoms with Crippen molar-refractivity contribution in [3.8, 4) is 5.75 Å². The van der Waals surface area contributed by atoms with Crippen LogP contribution in [-0.2, 0) is 9.47 Å². The Bertz CT molecular complexity index is 940. The number of ether oxygens (including phenoxy) is 3. The van der Waals surface area contributed by atoms with Gasteiger partial charge < -0.3 is 19.1 Å². The van der Waals surface area contributed by atoms with Crippen molar-refractivity contribution in [1.82, 2.24) is 4.90 Å². The third kappa shape index (κ3) is 8.51. The minimum absolute atomic E-state index is 0.0269. The number of aliphatic imine (C=N–C) groups is 1. The largest absolute Gasteiger partial charge is 0.491 e. The molecule has 0 aromatic heterocycles. The van der Waals surface area contributed by atoms with Crippen molar-refractivity contribution >= 4 is 12.1 Å². The summed E-state index contributed by atoms with van der Waals surface area (Å²) in [4.78, 5) is 19.6. The molecule has 1 saturated heterocycles. The van der Waals surface area contributed by atoms with Crippen LogP contribution in [0.1, 0.15) is 83.7 Å². The standard InChI is InChI=1S/C30H46N2O4/c1-10-27(24(8)20-31-11-2)36-30(19-25(9)34-21(3)4)14-16-32(17-15-30)29(33)26-12-13-28(23(7)18-26)35-22(5)6/h10,12-13,18,20-22,25H,1,11,14-17,19H2,2-9H3/b27-24+,31-20-. The summed E-state index contributed by atoms with van der Waals surface area (Å²) < 4.78 is 18.6. The number of likely N-dealkylation sites (tertiary alicyclic amines) is 1. The van der Waals surface area contributed by atoms with Crippen molar-refractivity contribution in [3.05, 3.63) is 53.3 Å². The molecule has 1 aliphatic rings. The number of rotatable bonds is 12. The van der Waals surface area contributed by atoms with E-state index < -0.39 is 5.60 Å². The van der Waals surface area contributed by atoms with E-state index in [0.717, 1.165) is 29.1 Å². The number of carbonyl (C=O) groups is 1. The Kier molecular flexibility index (Phi) is 11.2. The highest BCUT2D eigenvalue weighted by atomic mass is 16.5. The van der Waals surface area contributed by atoms with Crippen LogP contribution in [0.5, 0.6) is 5.75 Å². The van der Waals surface area contributed by atoms with Gasteiger partial charge in [0.25, 0.3) is 5.91 Å². The molecule has 0 spiro atoms. The van der Waals surface area contributed by atoms with Gasteiger partial charge in [0, 0.05) is 56.2 Å². The molecular formula is C30H46N2O4. The van der Waals surface area contributed by atoms with Crippen LogP contribution in [0.15, 0.2) is 47.2 Å². The molecule has 1 atom stereocenters. The zero-order chi connectivity index (χ0) is 26.9. The van der Waals surface area contributed by atoms with Gasteiger partial charge in [-0.05, 0) is 85.2 Å². The first-order valence-corrected chi connectivity index (χ1v) is 13.2. The minimum Gasteiger partial charge on any atom is -0.491 e. The molecule has 6 heteroatoms. The summed E-state index contributed by atoms with van der Waals surface area (Å²) in [5.74, 6) is 1.59. The number of hydrogen-bond donors (Lipinski definition) is 0. The smallest absolute Gasteiger partial charge is 0.253 e. The lowest BCUT2D eigenvalue weighted by Crippen LogP contribution is -2.49. The van der Waals surface area contributed by atoms with Gasteiger partial charge in [0.05, 0.1) is 18.3 Å². The summed E-state index contributed by atoms with van der Waals surface area (Å²) in [6.45, 7) is 22.1. The molecule has 36 heavy (non-hydrogen) atoms. The molecular weight excluding hydrogens is 452 g/mol.